The molecule has 9 aromatic rings. The summed E-state index contributed by atoms with van der Waals surface area (Å²) in [4.78, 5) is 6.99. The molecule has 0 aliphatic rings. The van der Waals surface area contributed by atoms with E-state index < -0.39 is 0 Å². The first-order valence-corrected chi connectivity index (χ1v) is 16.7. The van der Waals surface area contributed by atoms with E-state index in [4.69, 9.17) is 4.98 Å². The van der Waals surface area contributed by atoms with Crippen molar-refractivity contribution in [2.45, 2.75) is 0 Å². The molecule has 2 nitrogen and oxygen atoms in total. The second kappa shape index (κ2) is 12.3. The maximum Gasteiger partial charge on any atom is 0.137 e. The minimum Gasteiger partial charge on any atom is -0.295 e. The van der Waals surface area contributed by atoms with Crippen molar-refractivity contribution in [3.05, 3.63) is 194 Å². The Morgan fingerprint density at radius 2 is 0.796 bits per heavy atom. The summed E-state index contributed by atoms with van der Waals surface area (Å²) in [7, 11) is 0. The molecule has 0 spiro atoms. The molecule has 0 aliphatic heterocycles. The highest BCUT2D eigenvalue weighted by atomic mass is 15.2. The Bertz CT molecular complexity index is 2520. The van der Waals surface area contributed by atoms with Crippen molar-refractivity contribution in [1.82, 2.24) is 4.98 Å². The molecule has 0 saturated heterocycles. The van der Waals surface area contributed by atoms with Crippen molar-refractivity contribution >= 4 is 49.5 Å². The van der Waals surface area contributed by atoms with E-state index in [1.165, 1.54) is 65.7 Å². The Hall–Kier alpha value is -6.51. The van der Waals surface area contributed by atoms with Crippen molar-refractivity contribution in [1.29, 1.82) is 0 Å². The molecule has 0 bridgehead atoms. The molecule has 0 aliphatic carbocycles. The zero-order valence-electron chi connectivity index (χ0n) is 26.9. The molecule has 0 saturated carbocycles. The van der Waals surface area contributed by atoms with Gasteiger partial charge in [0.05, 0.1) is 0 Å². The van der Waals surface area contributed by atoms with Gasteiger partial charge in [-0.1, -0.05) is 152 Å². The van der Waals surface area contributed by atoms with Crippen LogP contribution in [-0.4, -0.2) is 4.98 Å². The van der Waals surface area contributed by atoms with Gasteiger partial charge in [0.25, 0.3) is 0 Å². The van der Waals surface area contributed by atoms with E-state index >= 15 is 0 Å². The smallest absolute Gasteiger partial charge is 0.137 e. The van der Waals surface area contributed by atoms with Gasteiger partial charge in [-0.25, -0.2) is 4.98 Å². The fourth-order valence-electron chi connectivity index (χ4n) is 7.20. The molecule has 0 radical (unpaired) electrons. The number of anilines is 3. The first-order valence-electron chi connectivity index (χ1n) is 16.7. The lowest BCUT2D eigenvalue weighted by Crippen LogP contribution is -2.11. The molecule has 1 heterocycles. The van der Waals surface area contributed by atoms with Crippen LogP contribution < -0.4 is 4.90 Å². The summed E-state index contributed by atoms with van der Waals surface area (Å²) in [6.07, 6.45) is 1.85. The minimum absolute atomic E-state index is 0.879. The van der Waals surface area contributed by atoms with Gasteiger partial charge in [-0.3, -0.25) is 4.90 Å². The molecule has 0 unspecified atom stereocenters. The van der Waals surface area contributed by atoms with Crippen molar-refractivity contribution < 1.29 is 0 Å². The first kappa shape index (κ1) is 28.7. The molecule has 1 aromatic heterocycles. The number of rotatable bonds is 6. The third-order valence-electron chi connectivity index (χ3n) is 9.50. The lowest BCUT2D eigenvalue weighted by atomic mass is 9.85. The predicted octanol–water partition coefficient (Wildman–Crippen LogP) is 13.0. The van der Waals surface area contributed by atoms with Crippen LogP contribution in [0.3, 0.4) is 0 Å². The van der Waals surface area contributed by atoms with Gasteiger partial charge in [0.2, 0.25) is 0 Å². The van der Waals surface area contributed by atoms with Gasteiger partial charge in [-0.15, -0.1) is 0 Å². The number of hydrogen-bond acceptors (Lipinski definition) is 2. The largest absolute Gasteiger partial charge is 0.295 e. The summed E-state index contributed by atoms with van der Waals surface area (Å²) < 4.78 is 0. The molecule has 230 valence electrons. The zero-order valence-corrected chi connectivity index (χ0v) is 26.9. The van der Waals surface area contributed by atoms with Crippen LogP contribution in [0.5, 0.6) is 0 Å². The number of pyridine rings is 1. The van der Waals surface area contributed by atoms with E-state index in [0.717, 1.165) is 17.2 Å². The Morgan fingerprint density at radius 1 is 0.327 bits per heavy atom. The monoisotopic (exact) mass is 624 g/mol. The van der Waals surface area contributed by atoms with Gasteiger partial charge in [0, 0.05) is 17.6 Å². The number of fused-ring (bicyclic) bond motifs is 3. The molecule has 0 atom stereocenters. The molecular weight excluding hydrogens is 593 g/mol. The summed E-state index contributed by atoms with van der Waals surface area (Å²) in [6, 6.07) is 67.4. The second-order valence-corrected chi connectivity index (χ2v) is 12.4. The standard InChI is InChI=1S/C47H32N2/c1-2-12-33(13-3-1)35-21-23-36(24-22-35)46-41-16-6-8-18-43(41)47(44-19-9-7-17-42(44)46)37-26-28-39(29-27-37)49(45-20-10-11-31-48-45)40-30-25-34-14-4-5-15-38(34)32-40/h1-32H. The molecule has 0 N–H and O–H groups in total. The van der Waals surface area contributed by atoms with Crippen LogP contribution in [0.4, 0.5) is 17.2 Å². The van der Waals surface area contributed by atoms with Gasteiger partial charge in [0.1, 0.15) is 5.82 Å². The molecule has 0 fully saturated rings. The fraction of sp³-hybridized carbons (Fsp3) is 0. The Balaban J connectivity index is 1.18. The van der Waals surface area contributed by atoms with Crippen molar-refractivity contribution in [2.75, 3.05) is 4.90 Å². The summed E-state index contributed by atoms with van der Waals surface area (Å²) in [6.45, 7) is 0. The summed E-state index contributed by atoms with van der Waals surface area (Å²) in [5.74, 6) is 0.879. The van der Waals surface area contributed by atoms with E-state index in [-0.39, 0.29) is 0 Å². The Labute approximate surface area is 286 Å². The zero-order chi connectivity index (χ0) is 32.6. The Kier molecular flexibility index (Phi) is 7.18. The summed E-state index contributed by atoms with van der Waals surface area (Å²) >= 11 is 0. The van der Waals surface area contributed by atoms with E-state index in [1.54, 1.807) is 0 Å². The first-order chi connectivity index (χ1) is 24.3. The van der Waals surface area contributed by atoms with E-state index in [9.17, 15) is 0 Å². The van der Waals surface area contributed by atoms with Crippen LogP contribution in [-0.2, 0) is 0 Å². The molecule has 8 aromatic carbocycles. The average molecular weight is 625 g/mol. The van der Waals surface area contributed by atoms with Gasteiger partial charge >= 0.3 is 0 Å². The predicted molar refractivity (Wildman–Crippen MR) is 208 cm³/mol. The van der Waals surface area contributed by atoms with Crippen molar-refractivity contribution in [3.8, 4) is 33.4 Å². The summed E-state index contributed by atoms with van der Waals surface area (Å²) in [5, 5.41) is 7.40. The van der Waals surface area contributed by atoms with E-state index in [2.05, 4.69) is 181 Å². The van der Waals surface area contributed by atoms with Gasteiger partial charge in [-0.05, 0) is 102 Å². The molecule has 49 heavy (non-hydrogen) atoms. The number of hydrogen-bond donors (Lipinski definition) is 0. The van der Waals surface area contributed by atoms with Crippen LogP contribution >= 0.6 is 0 Å². The molecule has 9 rings (SSSR count). The van der Waals surface area contributed by atoms with Crippen molar-refractivity contribution in [2.24, 2.45) is 0 Å². The Morgan fingerprint density at radius 3 is 1.39 bits per heavy atom. The highest BCUT2D eigenvalue weighted by Gasteiger charge is 2.18. The summed E-state index contributed by atoms with van der Waals surface area (Å²) in [5.41, 5.74) is 9.49. The molecule has 0 amide bonds. The topological polar surface area (TPSA) is 16.1 Å². The SMILES string of the molecule is c1ccc(-c2ccc(-c3c4ccccc4c(-c4ccc(N(c5ccc6ccccc6c5)c5ccccn5)cc4)c4ccccc34)cc2)cc1. The van der Waals surface area contributed by atoms with Crippen LogP contribution in [0.1, 0.15) is 0 Å². The fourth-order valence-corrected chi connectivity index (χ4v) is 7.20. The number of benzene rings is 8. The minimum atomic E-state index is 0.879. The highest BCUT2D eigenvalue weighted by Crippen LogP contribution is 2.44. The lowest BCUT2D eigenvalue weighted by molar-refractivity contribution is 1.18. The van der Waals surface area contributed by atoms with E-state index in [1.807, 2.05) is 18.3 Å². The van der Waals surface area contributed by atoms with Crippen molar-refractivity contribution in [3.63, 3.8) is 0 Å². The third kappa shape index (κ3) is 5.21. The highest BCUT2D eigenvalue weighted by molar-refractivity contribution is 6.21. The maximum absolute atomic E-state index is 4.76. The molecule has 2 heteroatoms. The third-order valence-corrected chi connectivity index (χ3v) is 9.50. The number of nitrogens with zero attached hydrogens (tertiary/aromatic N) is 2. The van der Waals surface area contributed by atoms with Gasteiger partial charge in [-0.2, -0.15) is 0 Å². The normalized spacial score (nSPS) is 11.3. The van der Waals surface area contributed by atoms with Crippen LogP contribution in [0.15, 0.2) is 194 Å². The molecular formula is C47H32N2. The van der Waals surface area contributed by atoms with Gasteiger partial charge < -0.3 is 0 Å². The quantitative estimate of drug-likeness (QED) is 0.171. The lowest BCUT2D eigenvalue weighted by Gasteiger charge is -2.25. The number of aromatic nitrogens is 1. The van der Waals surface area contributed by atoms with Crippen LogP contribution in [0, 0.1) is 0 Å². The maximum atomic E-state index is 4.76. The average Bonchev–Trinajstić information content (AvgIpc) is 3.18. The van der Waals surface area contributed by atoms with E-state index in [0.29, 0.717) is 0 Å². The van der Waals surface area contributed by atoms with Crippen LogP contribution in [0.25, 0.3) is 65.7 Å². The van der Waals surface area contributed by atoms with Crippen LogP contribution in [0.2, 0.25) is 0 Å². The second-order valence-electron chi connectivity index (χ2n) is 12.4. The van der Waals surface area contributed by atoms with Gasteiger partial charge in [0.15, 0.2) is 0 Å².